The molecule has 1 aliphatic rings. The Labute approximate surface area is 173 Å². The summed E-state index contributed by atoms with van der Waals surface area (Å²) in [7, 11) is -3.53. The number of piperidine rings is 1. The van der Waals surface area contributed by atoms with Crippen LogP contribution in [0.25, 0.3) is 6.08 Å². The van der Waals surface area contributed by atoms with E-state index in [4.69, 9.17) is 4.74 Å². The molecule has 29 heavy (non-hydrogen) atoms. The maximum absolute atomic E-state index is 12.5. The summed E-state index contributed by atoms with van der Waals surface area (Å²) >= 11 is 0. The minimum Gasteiger partial charge on any atom is -0.455 e. The number of hydrogen-bond donors (Lipinski definition) is 1. The number of hydrogen-bond acceptors (Lipinski definition) is 5. The van der Waals surface area contributed by atoms with E-state index in [9.17, 15) is 18.0 Å². The van der Waals surface area contributed by atoms with Crippen LogP contribution in [0.2, 0.25) is 0 Å². The van der Waals surface area contributed by atoms with Gasteiger partial charge in [-0.2, -0.15) is 4.31 Å². The van der Waals surface area contributed by atoms with Crippen LogP contribution in [0.4, 0.5) is 0 Å². The average molecular weight is 423 g/mol. The van der Waals surface area contributed by atoms with Crippen molar-refractivity contribution in [1.82, 2.24) is 9.62 Å². The van der Waals surface area contributed by atoms with E-state index in [0.717, 1.165) is 24.8 Å². The van der Waals surface area contributed by atoms with Gasteiger partial charge in [-0.1, -0.05) is 50.1 Å². The summed E-state index contributed by atoms with van der Waals surface area (Å²) in [6, 6.07) is 9.21. The van der Waals surface area contributed by atoms with Gasteiger partial charge in [-0.25, -0.2) is 8.42 Å². The van der Waals surface area contributed by atoms with Crippen molar-refractivity contribution in [2.75, 3.05) is 26.2 Å². The standard InChI is InChI=1S/C21H30N2O5S/c1-2-3-7-13-22-20(24)17-28-21(25)19-10-14-23(15-11-19)29(26,27)16-12-18-8-5-4-6-9-18/h4-6,8-9,12,16,19H,2-3,7,10-11,13-15,17H2,1H3,(H,22,24)/b16-12+. The first-order chi connectivity index (χ1) is 13.9. The SMILES string of the molecule is CCCCCNC(=O)COC(=O)C1CCN(S(=O)(=O)/C=C/c2ccccc2)CC1. The molecule has 1 heterocycles. The summed E-state index contributed by atoms with van der Waals surface area (Å²) in [5, 5.41) is 3.92. The predicted octanol–water partition coefficient (Wildman–Crippen LogP) is 2.55. The van der Waals surface area contributed by atoms with Gasteiger partial charge in [0.1, 0.15) is 0 Å². The molecule has 0 radical (unpaired) electrons. The number of amides is 1. The molecule has 1 fully saturated rings. The molecule has 7 nitrogen and oxygen atoms in total. The van der Waals surface area contributed by atoms with Gasteiger partial charge in [-0.3, -0.25) is 9.59 Å². The molecule has 0 aliphatic carbocycles. The first kappa shape index (κ1) is 23.1. The second kappa shape index (κ2) is 11.7. The lowest BCUT2D eigenvalue weighted by Crippen LogP contribution is -2.40. The number of nitrogens with zero attached hydrogens (tertiary/aromatic N) is 1. The van der Waals surface area contributed by atoms with Crippen molar-refractivity contribution in [2.45, 2.75) is 39.0 Å². The van der Waals surface area contributed by atoms with Gasteiger partial charge >= 0.3 is 5.97 Å². The highest BCUT2D eigenvalue weighted by Crippen LogP contribution is 2.22. The van der Waals surface area contributed by atoms with Crippen molar-refractivity contribution >= 4 is 28.0 Å². The lowest BCUT2D eigenvalue weighted by molar-refractivity contribution is -0.153. The third kappa shape index (κ3) is 7.98. The van der Waals surface area contributed by atoms with Crippen molar-refractivity contribution in [3.63, 3.8) is 0 Å². The fraction of sp³-hybridized carbons (Fsp3) is 0.524. The molecule has 8 heteroatoms. The van der Waals surface area contributed by atoms with E-state index in [1.165, 1.54) is 9.71 Å². The highest BCUT2D eigenvalue weighted by Gasteiger charge is 2.31. The predicted molar refractivity (Wildman–Crippen MR) is 112 cm³/mol. The van der Waals surface area contributed by atoms with Gasteiger partial charge in [-0.15, -0.1) is 0 Å². The summed E-state index contributed by atoms with van der Waals surface area (Å²) in [6.07, 6.45) is 5.35. The summed E-state index contributed by atoms with van der Waals surface area (Å²) < 4.78 is 31.4. The topological polar surface area (TPSA) is 92.8 Å². The molecule has 0 saturated carbocycles. The maximum atomic E-state index is 12.5. The molecular weight excluding hydrogens is 392 g/mol. The number of ether oxygens (including phenoxy) is 1. The second-order valence-electron chi connectivity index (χ2n) is 7.10. The number of carbonyl (C=O) groups excluding carboxylic acids is 2. The highest BCUT2D eigenvalue weighted by molar-refractivity contribution is 7.92. The van der Waals surface area contributed by atoms with Crippen LogP contribution in [0.1, 0.15) is 44.6 Å². The van der Waals surface area contributed by atoms with Crippen molar-refractivity contribution in [2.24, 2.45) is 5.92 Å². The van der Waals surface area contributed by atoms with E-state index >= 15 is 0 Å². The molecule has 1 N–H and O–H groups in total. The first-order valence-electron chi connectivity index (χ1n) is 10.1. The molecule has 1 amide bonds. The number of unbranched alkanes of at least 4 members (excludes halogenated alkanes) is 2. The Hall–Kier alpha value is -2.19. The van der Waals surface area contributed by atoms with Crippen molar-refractivity contribution in [3.8, 4) is 0 Å². The summed E-state index contributed by atoms with van der Waals surface area (Å²) in [5.41, 5.74) is 0.808. The van der Waals surface area contributed by atoms with Crippen molar-refractivity contribution < 1.29 is 22.7 Å². The molecule has 0 bridgehead atoms. The Kier molecular flexibility index (Phi) is 9.34. The molecule has 0 aromatic heterocycles. The van der Waals surface area contributed by atoms with Gasteiger partial charge in [0.2, 0.25) is 10.0 Å². The van der Waals surface area contributed by atoms with Crippen LogP contribution in [0.3, 0.4) is 0 Å². The van der Waals surface area contributed by atoms with Crippen LogP contribution in [-0.4, -0.2) is 50.8 Å². The Morgan fingerprint density at radius 3 is 2.52 bits per heavy atom. The molecule has 160 valence electrons. The van der Waals surface area contributed by atoms with Gasteiger partial charge in [-0.05, 0) is 30.9 Å². The van der Waals surface area contributed by atoms with Gasteiger partial charge in [0.05, 0.1) is 5.92 Å². The average Bonchev–Trinajstić information content (AvgIpc) is 2.74. The van der Waals surface area contributed by atoms with Gasteiger partial charge in [0.15, 0.2) is 6.61 Å². The minimum absolute atomic E-state index is 0.254. The fourth-order valence-electron chi connectivity index (χ4n) is 3.07. The summed E-state index contributed by atoms with van der Waals surface area (Å²) in [4.78, 5) is 23.8. The van der Waals surface area contributed by atoms with E-state index in [2.05, 4.69) is 12.2 Å². The van der Waals surface area contributed by atoms with Crippen molar-refractivity contribution in [1.29, 1.82) is 0 Å². The third-order valence-corrected chi connectivity index (χ3v) is 6.39. The lowest BCUT2D eigenvalue weighted by atomic mass is 9.98. The fourth-order valence-corrected chi connectivity index (χ4v) is 4.29. The molecule has 1 saturated heterocycles. The minimum atomic E-state index is -3.53. The van der Waals surface area contributed by atoms with Gasteiger partial charge in [0.25, 0.3) is 5.91 Å². The van der Waals surface area contributed by atoms with Crippen LogP contribution in [0, 0.1) is 5.92 Å². The number of carbonyl (C=O) groups is 2. The number of esters is 1. The Morgan fingerprint density at radius 1 is 1.17 bits per heavy atom. The lowest BCUT2D eigenvalue weighted by Gasteiger charge is -2.29. The third-order valence-electron chi connectivity index (χ3n) is 4.83. The molecule has 0 unspecified atom stereocenters. The zero-order valence-corrected chi connectivity index (χ0v) is 17.7. The van der Waals surface area contributed by atoms with Crippen LogP contribution < -0.4 is 5.32 Å². The monoisotopic (exact) mass is 422 g/mol. The van der Waals surface area contributed by atoms with Crippen LogP contribution >= 0.6 is 0 Å². The zero-order valence-electron chi connectivity index (χ0n) is 16.9. The normalized spacial score (nSPS) is 16.0. The van der Waals surface area contributed by atoms with E-state index in [0.29, 0.717) is 19.4 Å². The molecule has 1 aliphatic heterocycles. The number of sulfonamides is 1. The second-order valence-corrected chi connectivity index (χ2v) is 8.91. The molecule has 0 spiro atoms. The zero-order chi connectivity index (χ0) is 21.1. The van der Waals surface area contributed by atoms with Crippen LogP contribution in [0.5, 0.6) is 0 Å². The molecule has 2 rings (SSSR count). The maximum Gasteiger partial charge on any atom is 0.309 e. The van der Waals surface area contributed by atoms with Crippen LogP contribution in [-0.2, 0) is 24.3 Å². The molecule has 0 atom stereocenters. The van der Waals surface area contributed by atoms with E-state index in [-0.39, 0.29) is 31.5 Å². The molecular formula is C21H30N2O5S. The smallest absolute Gasteiger partial charge is 0.309 e. The van der Waals surface area contributed by atoms with E-state index in [1.807, 2.05) is 30.3 Å². The first-order valence-corrected chi connectivity index (χ1v) is 11.6. The molecule has 1 aromatic rings. The van der Waals surface area contributed by atoms with Gasteiger partial charge < -0.3 is 10.1 Å². The Morgan fingerprint density at radius 2 is 1.86 bits per heavy atom. The van der Waals surface area contributed by atoms with E-state index < -0.39 is 16.0 Å². The number of benzene rings is 1. The van der Waals surface area contributed by atoms with Crippen LogP contribution in [0.15, 0.2) is 35.7 Å². The van der Waals surface area contributed by atoms with Gasteiger partial charge in [0, 0.05) is 25.0 Å². The quantitative estimate of drug-likeness (QED) is 0.462. The largest absolute Gasteiger partial charge is 0.455 e. The van der Waals surface area contributed by atoms with E-state index in [1.54, 1.807) is 6.08 Å². The summed E-state index contributed by atoms with van der Waals surface area (Å²) in [6.45, 7) is 2.88. The molecule has 1 aromatic carbocycles. The highest BCUT2D eigenvalue weighted by atomic mass is 32.2. The number of rotatable bonds is 10. The Bertz CT molecular complexity index is 785. The van der Waals surface area contributed by atoms with Crippen molar-refractivity contribution in [3.05, 3.63) is 41.3 Å². The Balaban J connectivity index is 1.74. The number of nitrogens with one attached hydrogen (secondary N) is 1. The summed E-state index contributed by atoms with van der Waals surface area (Å²) in [5.74, 6) is -1.13.